The normalized spacial score (nSPS) is 14.5. The molecule has 0 radical (unpaired) electrons. The third-order valence-corrected chi connectivity index (χ3v) is 8.22. The number of carbonyl (C=O) groups is 1. The van der Waals surface area contributed by atoms with E-state index in [1.807, 2.05) is 60.8 Å². The highest BCUT2D eigenvalue weighted by atomic mass is 32.2. The molecule has 4 aromatic rings. The summed E-state index contributed by atoms with van der Waals surface area (Å²) < 4.78 is 0. The number of amides is 1. The quantitative estimate of drug-likeness (QED) is 0.290. The van der Waals surface area contributed by atoms with Gasteiger partial charge in [0.1, 0.15) is 5.84 Å². The standard InChI is InChI=1S/C32H31N5OS/c38-32(35-21-23-10-13-26(14-11-23)34-22-24-7-6-16-33-20-24)25-12-15-30-28(19-25)36-31(37-17-4-1-5-18-37)27-8-2-3-9-29(27)39-30/h2-3,6-16,19-20,34H,1,4-5,17-18,21-22H2,(H,35,38). The number of nitrogens with one attached hydrogen (secondary N) is 2. The molecule has 1 amide bonds. The number of benzene rings is 3. The van der Waals surface area contributed by atoms with Crippen LogP contribution in [0.3, 0.4) is 0 Å². The molecule has 0 atom stereocenters. The van der Waals surface area contributed by atoms with Crippen molar-refractivity contribution in [3.63, 3.8) is 0 Å². The molecule has 6 nitrogen and oxygen atoms in total. The summed E-state index contributed by atoms with van der Waals surface area (Å²) in [7, 11) is 0. The molecule has 39 heavy (non-hydrogen) atoms. The van der Waals surface area contributed by atoms with Crippen LogP contribution in [-0.2, 0) is 13.1 Å². The summed E-state index contributed by atoms with van der Waals surface area (Å²) >= 11 is 1.72. The van der Waals surface area contributed by atoms with Crippen LogP contribution in [0.5, 0.6) is 0 Å². The smallest absolute Gasteiger partial charge is 0.251 e. The molecule has 3 heterocycles. The number of pyridine rings is 1. The van der Waals surface area contributed by atoms with Gasteiger partial charge in [-0.05, 0) is 72.9 Å². The second-order valence-corrected chi connectivity index (χ2v) is 10.9. The number of fused-ring (bicyclic) bond motifs is 2. The Hall–Kier alpha value is -4.10. The van der Waals surface area contributed by atoms with Gasteiger partial charge in [-0.1, -0.05) is 48.2 Å². The monoisotopic (exact) mass is 533 g/mol. The number of anilines is 1. The van der Waals surface area contributed by atoms with Crippen LogP contribution in [0.25, 0.3) is 0 Å². The van der Waals surface area contributed by atoms with Gasteiger partial charge in [-0.15, -0.1) is 0 Å². The number of aromatic nitrogens is 1. The minimum atomic E-state index is -0.0990. The van der Waals surface area contributed by atoms with E-state index >= 15 is 0 Å². The largest absolute Gasteiger partial charge is 0.381 e. The zero-order chi connectivity index (χ0) is 26.4. The minimum Gasteiger partial charge on any atom is -0.381 e. The van der Waals surface area contributed by atoms with E-state index in [4.69, 9.17) is 4.99 Å². The highest BCUT2D eigenvalue weighted by Gasteiger charge is 2.23. The fourth-order valence-corrected chi connectivity index (χ4v) is 5.94. The number of hydrogen-bond acceptors (Lipinski definition) is 6. The lowest BCUT2D eigenvalue weighted by Gasteiger charge is -2.30. The Morgan fingerprint density at radius 3 is 2.51 bits per heavy atom. The Bertz CT molecular complexity index is 1480. The number of amidine groups is 1. The molecule has 0 spiro atoms. The topological polar surface area (TPSA) is 69.6 Å². The maximum absolute atomic E-state index is 13.1. The van der Waals surface area contributed by atoms with Crippen LogP contribution in [0.1, 0.15) is 46.3 Å². The number of hydrogen-bond donors (Lipinski definition) is 2. The summed E-state index contributed by atoms with van der Waals surface area (Å²) in [5.74, 6) is 0.921. The molecule has 1 fully saturated rings. The maximum Gasteiger partial charge on any atom is 0.251 e. The molecule has 1 saturated heterocycles. The number of nitrogens with zero attached hydrogens (tertiary/aromatic N) is 3. The van der Waals surface area contributed by atoms with Crippen molar-refractivity contribution in [3.8, 4) is 0 Å². The highest BCUT2D eigenvalue weighted by Crippen LogP contribution is 2.41. The first-order valence-electron chi connectivity index (χ1n) is 13.5. The van der Waals surface area contributed by atoms with Crippen molar-refractivity contribution in [3.05, 3.63) is 114 Å². The van der Waals surface area contributed by atoms with Crippen LogP contribution in [-0.4, -0.2) is 34.7 Å². The van der Waals surface area contributed by atoms with Gasteiger partial charge in [0.15, 0.2) is 0 Å². The van der Waals surface area contributed by atoms with Gasteiger partial charge in [-0.25, -0.2) is 4.99 Å². The van der Waals surface area contributed by atoms with Crippen LogP contribution in [0.4, 0.5) is 11.4 Å². The maximum atomic E-state index is 13.1. The first-order valence-corrected chi connectivity index (χ1v) is 14.3. The Morgan fingerprint density at radius 1 is 0.846 bits per heavy atom. The molecular weight excluding hydrogens is 502 g/mol. The highest BCUT2D eigenvalue weighted by molar-refractivity contribution is 7.99. The molecule has 0 saturated carbocycles. The average molecular weight is 534 g/mol. The van der Waals surface area contributed by atoms with E-state index in [9.17, 15) is 4.79 Å². The van der Waals surface area contributed by atoms with E-state index in [1.54, 1.807) is 18.0 Å². The van der Waals surface area contributed by atoms with Gasteiger partial charge in [0.05, 0.1) is 5.69 Å². The summed E-state index contributed by atoms with van der Waals surface area (Å²) in [4.78, 5) is 27.1. The van der Waals surface area contributed by atoms with Gasteiger partial charge in [0, 0.05) is 65.2 Å². The van der Waals surface area contributed by atoms with Crippen molar-refractivity contribution in [1.82, 2.24) is 15.2 Å². The molecule has 0 bridgehead atoms. The summed E-state index contributed by atoms with van der Waals surface area (Å²) in [6.45, 7) is 3.21. The number of aliphatic imine (C=N–C) groups is 1. The van der Waals surface area contributed by atoms with Crippen LogP contribution < -0.4 is 10.6 Å². The molecule has 3 aromatic carbocycles. The number of piperidine rings is 1. The first kappa shape index (κ1) is 25.2. The fraction of sp³-hybridized carbons (Fsp3) is 0.219. The molecule has 1 aromatic heterocycles. The third kappa shape index (κ3) is 5.99. The minimum absolute atomic E-state index is 0.0990. The van der Waals surface area contributed by atoms with Crippen LogP contribution >= 0.6 is 11.8 Å². The van der Waals surface area contributed by atoms with Gasteiger partial charge < -0.3 is 15.5 Å². The summed E-state index contributed by atoms with van der Waals surface area (Å²) in [6, 6.07) is 26.5. The van der Waals surface area contributed by atoms with Crippen molar-refractivity contribution in [2.24, 2.45) is 4.99 Å². The lowest BCUT2D eigenvalue weighted by Crippen LogP contribution is -2.36. The Balaban J connectivity index is 1.14. The van der Waals surface area contributed by atoms with Crippen molar-refractivity contribution in [2.45, 2.75) is 42.1 Å². The molecule has 7 heteroatoms. The van der Waals surface area contributed by atoms with E-state index in [-0.39, 0.29) is 5.91 Å². The SMILES string of the molecule is O=C(NCc1ccc(NCc2cccnc2)cc1)c1ccc2c(c1)N=C(N1CCCCC1)c1ccccc1S2. The lowest BCUT2D eigenvalue weighted by molar-refractivity contribution is 0.0951. The van der Waals surface area contributed by atoms with Crippen molar-refractivity contribution in [2.75, 3.05) is 18.4 Å². The Kier molecular flexibility index (Phi) is 7.59. The molecular formula is C32H31N5OS. The Morgan fingerprint density at radius 2 is 1.69 bits per heavy atom. The van der Waals surface area contributed by atoms with E-state index < -0.39 is 0 Å². The molecule has 2 N–H and O–H groups in total. The first-order chi connectivity index (χ1) is 19.2. The zero-order valence-corrected chi connectivity index (χ0v) is 22.6. The van der Waals surface area contributed by atoms with E-state index in [0.29, 0.717) is 18.7 Å². The third-order valence-electron chi connectivity index (χ3n) is 7.08. The second-order valence-electron chi connectivity index (χ2n) is 9.86. The summed E-state index contributed by atoms with van der Waals surface area (Å²) in [5.41, 5.74) is 5.85. The summed E-state index contributed by atoms with van der Waals surface area (Å²) in [6.07, 6.45) is 7.27. The van der Waals surface area contributed by atoms with Crippen LogP contribution in [0.15, 0.2) is 106 Å². The fourth-order valence-electron chi connectivity index (χ4n) is 4.94. The Labute approximate surface area is 233 Å². The van der Waals surface area contributed by atoms with E-state index in [0.717, 1.165) is 46.3 Å². The van der Waals surface area contributed by atoms with Crippen LogP contribution in [0.2, 0.25) is 0 Å². The predicted molar refractivity (Wildman–Crippen MR) is 158 cm³/mol. The average Bonchev–Trinajstić information content (AvgIpc) is 3.17. The van der Waals surface area contributed by atoms with Gasteiger partial charge in [0.25, 0.3) is 5.91 Å². The molecule has 0 aliphatic carbocycles. The summed E-state index contributed by atoms with van der Waals surface area (Å²) in [5, 5.41) is 6.47. The van der Waals surface area contributed by atoms with E-state index in [1.165, 1.54) is 29.7 Å². The van der Waals surface area contributed by atoms with Gasteiger partial charge in [-0.3, -0.25) is 9.78 Å². The van der Waals surface area contributed by atoms with Crippen LogP contribution in [0, 0.1) is 0 Å². The molecule has 6 rings (SSSR count). The second kappa shape index (κ2) is 11.7. The van der Waals surface area contributed by atoms with Crippen molar-refractivity contribution >= 4 is 34.9 Å². The molecule has 196 valence electrons. The van der Waals surface area contributed by atoms with Gasteiger partial charge >= 0.3 is 0 Å². The number of likely N-dealkylation sites (tertiary alicyclic amines) is 1. The zero-order valence-electron chi connectivity index (χ0n) is 21.8. The molecule has 2 aliphatic heterocycles. The number of carbonyl (C=O) groups excluding carboxylic acids is 1. The van der Waals surface area contributed by atoms with Gasteiger partial charge in [-0.2, -0.15) is 0 Å². The van der Waals surface area contributed by atoms with Crippen molar-refractivity contribution < 1.29 is 4.79 Å². The van der Waals surface area contributed by atoms with Crippen molar-refractivity contribution in [1.29, 1.82) is 0 Å². The van der Waals surface area contributed by atoms with E-state index in [2.05, 4.69) is 44.8 Å². The lowest BCUT2D eigenvalue weighted by atomic mass is 10.1. The number of rotatable bonds is 6. The predicted octanol–water partition coefficient (Wildman–Crippen LogP) is 6.65. The van der Waals surface area contributed by atoms with Gasteiger partial charge in [0.2, 0.25) is 0 Å². The molecule has 2 aliphatic rings. The molecule has 0 unspecified atom stereocenters.